The molecule has 1 aromatic carbocycles. The summed E-state index contributed by atoms with van der Waals surface area (Å²) in [4.78, 5) is 15.5. The van der Waals surface area contributed by atoms with Gasteiger partial charge in [0.15, 0.2) is 0 Å². The normalized spacial score (nSPS) is 11.2. The Morgan fingerprint density at radius 1 is 1.30 bits per heavy atom. The molecule has 1 amide bonds. The maximum atomic E-state index is 12.7. The lowest BCUT2D eigenvalue weighted by atomic mass is 10.1. The first-order chi connectivity index (χ1) is 9.71. The van der Waals surface area contributed by atoms with Crippen molar-refractivity contribution in [3.05, 3.63) is 35.2 Å². The van der Waals surface area contributed by atoms with Gasteiger partial charge in [-0.05, 0) is 30.4 Å². The van der Waals surface area contributed by atoms with Gasteiger partial charge in [-0.3, -0.25) is 4.79 Å². The number of benzene rings is 1. The van der Waals surface area contributed by atoms with Gasteiger partial charge in [-0.1, -0.05) is 32.0 Å². The lowest BCUT2D eigenvalue weighted by Gasteiger charge is -2.29. The molecular weight excluding hydrogens is 290 g/mol. The van der Waals surface area contributed by atoms with E-state index in [2.05, 4.69) is 19.9 Å². The van der Waals surface area contributed by atoms with Gasteiger partial charge in [0.25, 0.3) is 5.91 Å². The second-order valence-electron chi connectivity index (χ2n) is 4.81. The van der Waals surface area contributed by atoms with Gasteiger partial charge in [-0.25, -0.2) is 0 Å². The number of carbonyl (C=O) groups is 1. The Morgan fingerprint density at radius 3 is 2.60 bits per heavy atom. The summed E-state index contributed by atoms with van der Waals surface area (Å²) in [5, 5.41) is 1.14. The molecule has 108 valence electrons. The Bertz CT molecular complexity index is 544. The number of fused-ring (bicyclic) bond motifs is 1. The summed E-state index contributed by atoms with van der Waals surface area (Å²) in [5.74, 6) is 0.591. The van der Waals surface area contributed by atoms with E-state index in [1.54, 1.807) is 11.3 Å². The minimum Gasteiger partial charge on any atom is -0.334 e. The second-order valence-corrected chi connectivity index (χ2v) is 6.27. The van der Waals surface area contributed by atoms with Crippen LogP contribution < -0.4 is 0 Å². The molecule has 0 radical (unpaired) electrons. The number of amides is 1. The number of rotatable bonds is 6. The van der Waals surface area contributed by atoms with E-state index in [0.717, 1.165) is 27.8 Å². The average molecular weight is 310 g/mol. The number of nitrogens with zero attached hydrogens (tertiary/aromatic N) is 1. The molecule has 0 unspecified atom stereocenters. The van der Waals surface area contributed by atoms with E-state index < -0.39 is 0 Å². The van der Waals surface area contributed by atoms with Crippen LogP contribution in [0.25, 0.3) is 10.1 Å². The minimum atomic E-state index is 0.112. The SMILES string of the molecule is CCC(CC)N(CCCl)C(=O)c1cc2ccccc2s1. The molecule has 0 saturated carbocycles. The summed E-state index contributed by atoms with van der Waals surface area (Å²) in [7, 11) is 0. The van der Waals surface area contributed by atoms with E-state index in [1.165, 1.54) is 0 Å². The van der Waals surface area contributed by atoms with Crippen LogP contribution in [0.2, 0.25) is 0 Å². The third-order valence-electron chi connectivity index (χ3n) is 3.61. The average Bonchev–Trinajstić information content (AvgIpc) is 2.90. The molecule has 1 heterocycles. The van der Waals surface area contributed by atoms with Gasteiger partial charge < -0.3 is 4.90 Å². The minimum absolute atomic E-state index is 0.112. The van der Waals surface area contributed by atoms with Gasteiger partial charge in [0.05, 0.1) is 4.88 Å². The molecule has 0 saturated heterocycles. The fraction of sp³-hybridized carbons (Fsp3) is 0.438. The van der Waals surface area contributed by atoms with Crippen molar-refractivity contribution in [2.24, 2.45) is 0 Å². The zero-order valence-electron chi connectivity index (χ0n) is 11.9. The van der Waals surface area contributed by atoms with E-state index >= 15 is 0 Å². The molecule has 0 fully saturated rings. The van der Waals surface area contributed by atoms with E-state index in [9.17, 15) is 4.79 Å². The van der Waals surface area contributed by atoms with Crippen molar-refractivity contribution in [3.8, 4) is 0 Å². The molecular formula is C16H20ClNOS. The smallest absolute Gasteiger partial charge is 0.264 e. The van der Waals surface area contributed by atoms with Crippen LogP contribution in [-0.2, 0) is 0 Å². The highest BCUT2D eigenvalue weighted by Crippen LogP contribution is 2.27. The molecule has 0 aliphatic heterocycles. The molecule has 2 nitrogen and oxygen atoms in total. The molecule has 0 bridgehead atoms. The molecule has 2 aromatic rings. The molecule has 1 aromatic heterocycles. The molecule has 2 rings (SSSR count). The predicted molar refractivity (Wildman–Crippen MR) is 88.0 cm³/mol. The van der Waals surface area contributed by atoms with Gasteiger partial charge in [0.2, 0.25) is 0 Å². The maximum absolute atomic E-state index is 12.7. The van der Waals surface area contributed by atoms with Crippen LogP contribution >= 0.6 is 22.9 Å². The van der Waals surface area contributed by atoms with E-state index in [0.29, 0.717) is 12.4 Å². The fourth-order valence-electron chi connectivity index (χ4n) is 2.50. The van der Waals surface area contributed by atoms with Crippen molar-refractivity contribution in [1.29, 1.82) is 0 Å². The summed E-state index contributed by atoms with van der Waals surface area (Å²) in [6.07, 6.45) is 1.92. The van der Waals surface area contributed by atoms with Crippen molar-refractivity contribution in [2.75, 3.05) is 12.4 Å². The summed E-state index contributed by atoms with van der Waals surface area (Å²) in [5.41, 5.74) is 0. The van der Waals surface area contributed by atoms with Crippen LogP contribution in [0.1, 0.15) is 36.4 Å². The Kier molecular flexibility index (Phi) is 5.44. The van der Waals surface area contributed by atoms with Crippen molar-refractivity contribution in [1.82, 2.24) is 4.90 Å². The summed E-state index contributed by atoms with van der Waals surface area (Å²) in [6.45, 7) is 4.85. The Morgan fingerprint density at radius 2 is 2.00 bits per heavy atom. The Balaban J connectivity index is 2.30. The number of thiophene rings is 1. The van der Waals surface area contributed by atoms with Crippen LogP contribution in [0.5, 0.6) is 0 Å². The van der Waals surface area contributed by atoms with Gasteiger partial charge in [-0.15, -0.1) is 22.9 Å². The first-order valence-electron chi connectivity index (χ1n) is 7.06. The molecule has 0 aliphatic rings. The topological polar surface area (TPSA) is 20.3 Å². The highest BCUT2D eigenvalue weighted by Gasteiger charge is 2.23. The van der Waals surface area contributed by atoms with Crippen LogP contribution in [0.4, 0.5) is 0 Å². The third kappa shape index (κ3) is 3.15. The van der Waals surface area contributed by atoms with E-state index in [-0.39, 0.29) is 11.9 Å². The predicted octanol–water partition coefficient (Wildman–Crippen LogP) is 4.77. The monoisotopic (exact) mass is 309 g/mol. The quantitative estimate of drug-likeness (QED) is 0.704. The highest BCUT2D eigenvalue weighted by molar-refractivity contribution is 7.20. The number of alkyl halides is 1. The molecule has 0 aliphatic carbocycles. The van der Waals surface area contributed by atoms with Crippen molar-refractivity contribution in [2.45, 2.75) is 32.7 Å². The first-order valence-corrected chi connectivity index (χ1v) is 8.41. The number of halogens is 1. The van der Waals surface area contributed by atoms with Crippen molar-refractivity contribution in [3.63, 3.8) is 0 Å². The number of hydrogen-bond donors (Lipinski definition) is 0. The Hall–Kier alpha value is -1.06. The zero-order chi connectivity index (χ0) is 14.5. The standard InChI is InChI=1S/C16H20ClNOS/c1-3-13(4-2)18(10-9-17)16(19)15-11-12-7-5-6-8-14(12)20-15/h5-8,11,13H,3-4,9-10H2,1-2H3. The largest absolute Gasteiger partial charge is 0.334 e. The second kappa shape index (κ2) is 7.09. The van der Waals surface area contributed by atoms with Crippen molar-refractivity contribution < 1.29 is 4.79 Å². The highest BCUT2D eigenvalue weighted by atomic mass is 35.5. The Labute approximate surface area is 129 Å². The van der Waals surface area contributed by atoms with Crippen LogP contribution in [0.15, 0.2) is 30.3 Å². The van der Waals surface area contributed by atoms with Gasteiger partial charge >= 0.3 is 0 Å². The van der Waals surface area contributed by atoms with E-state index in [1.807, 2.05) is 29.2 Å². The zero-order valence-corrected chi connectivity index (χ0v) is 13.5. The molecule has 20 heavy (non-hydrogen) atoms. The molecule has 4 heteroatoms. The number of carbonyl (C=O) groups excluding carboxylic acids is 1. The summed E-state index contributed by atoms with van der Waals surface area (Å²) >= 11 is 7.44. The summed E-state index contributed by atoms with van der Waals surface area (Å²) < 4.78 is 1.16. The summed E-state index contributed by atoms with van der Waals surface area (Å²) in [6, 6.07) is 10.4. The van der Waals surface area contributed by atoms with Crippen LogP contribution in [0, 0.1) is 0 Å². The molecule has 0 spiro atoms. The van der Waals surface area contributed by atoms with Gasteiger partial charge in [0, 0.05) is 23.2 Å². The number of hydrogen-bond acceptors (Lipinski definition) is 2. The molecule has 0 N–H and O–H groups in total. The first kappa shape index (κ1) is 15.3. The fourth-order valence-corrected chi connectivity index (χ4v) is 3.70. The van der Waals surface area contributed by atoms with E-state index in [4.69, 9.17) is 11.6 Å². The lowest BCUT2D eigenvalue weighted by molar-refractivity contribution is 0.0687. The lowest BCUT2D eigenvalue weighted by Crippen LogP contribution is -2.40. The molecule has 0 atom stereocenters. The van der Waals surface area contributed by atoms with Crippen LogP contribution in [0.3, 0.4) is 0 Å². The maximum Gasteiger partial charge on any atom is 0.264 e. The van der Waals surface area contributed by atoms with Crippen molar-refractivity contribution >= 4 is 38.9 Å². The van der Waals surface area contributed by atoms with Gasteiger partial charge in [-0.2, -0.15) is 0 Å². The van der Waals surface area contributed by atoms with Crippen LogP contribution in [-0.4, -0.2) is 29.3 Å². The third-order valence-corrected chi connectivity index (χ3v) is 4.88. The van der Waals surface area contributed by atoms with Gasteiger partial charge in [0.1, 0.15) is 0 Å².